The van der Waals surface area contributed by atoms with Crippen molar-refractivity contribution in [2.75, 3.05) is 11.7 Å². The SMILES string of the molecule is N#Cc1ccc(N2C(=O)CC(N(Cc3ccc4c(c3)OCO4)C(=O)c3cccs3)C2=O)cc1. The fourth-order valence-electron chi connectivity index (χ4n) is 3.92. The Kier molecular flexibility index (Phi) is 5.28. The predicted molar refractivity (Wildman–Crippen MR) is 119 cm³/mol. The van der Waals surface area contributed by atoms with Crippen molar-refractivity contribution < 1.29 is 23.9 Å². The van der Waals surface area contributed by atoms with Gasteiger partial charge >= 0.3 is 0 Å². The second kappa shape index (κ2) is 8.41. The molecule has 2 aliphatic heterocycles. The summed E-state index contributed by atoms with van der Waals surface area (Å²) in [5, 5.41) is 10.8. The molecule has 2 aromatic carbocycles. The quantitative estimate of drug-likeness (QED) is 0.543. The third-order valence-corrected chi connectivity index (χ3v) is 6.39. The van der Waals surface area contributed by atoms with Gasteiger partial charge in [0.15, 0.2) is 11.5 Å². The van der Waals surface area contributed by atoms with E-state index in [0.717, 1.165) is 10.5 Å². The molecule has 164 valence electrons. The van der Waals surface area contributed by atoms with Crippen LogP contribution in [0.5, 0.6) is 11.5 Å². The summed E-state index contributed by atoms with van der Waals surface area (Å²) in [6.45, 7) is 0.254. The number of hydrogen-bond acceptors (Lipinski definition) is 7. The molecule has 1 unspecified atom stereocenters. The highest BCUT2D eigenvalue weighted by Gasteiger charge is 2.44. The molecule has 1 atom stereocenters. The molecule has 3 amide bonds. The molecule has 0 radical (unpaired) electrons. The number of carbonyl (C=O) groups excluding carboxylic acids is 3. The summed E-state index contributed by atoms with van der Waals surface area (Å²) in [4.78, 5) is 42.6. The Morgan fingerprint density at radius 1 is 1.12 bits per heavy atom. The smallest absolute Gasteiger partial charge is 0.264 e. The second-order valence-electron chi connectivity index (χ2n) is 7.54. The largest absolute Gasteiger partial charge is 0.454 e. The van der Waals surface area contributed by atoms with Gasteiger partial charge in [-0.05, 0) is 53.4 Å². The molecule has 3 aromatic rings. The number of thiophene rings is 1. The van der Waals surface area contributed by atoms with Crippen LogP contribution < -0.4 is 14.4 Å². The summed E-state index contributed by atoms with van der Waals surface area (Å²) in [5.41, 5.74) is 1.55. The fourth-order valence-corrected chi connectivity index (χ4v) is 4.60. The number of nitriles is 1. The minimum Gasteiger partial charge on any atom is -0.454 e. The van der Waals surface area contributed by atoms with Gasteiger partial charge in [0.05, 0.1) is 28.6 Å². The standard InChI is InChI=1S/C24H17N3O5S/c25-12-15-3-6-17(7-4-15)27-22(28)11-18(23(27)29)26(24(30)21-2-1-9-33-21)13-16-5-8-19-20(10-16)32-14-31-19/h1-10,18H,11,13-14H2. The van der Waals surface area contributed by atoms with E-state index >= 15 is 0 Å². The summed E-state index contributed by atoms with van der Waals surface area (Å²) in [5.74, 6) is -0.00622. The van der Waals surface area contributed by atoms with E-state index in [2.05, 4.69) is 0 Å². The fraction of sp³-hybridized carbons (Fsp3) is 0.167. The maximum absolute atomic E-state index is 13.4. The van der Waals surface area contributed by atoms with E-state index in [1.165, 1.54) is 16.2 Å². The molecular weight excluding hydrogens is 442 g/mol. The Balaban J connectivity index is 1.47. The molecule has 0 saturated carbocycles. The number of nitrogens with zero attached hydrogens (tertiary/aromatic N) is 3. The van der Waals surface area contributed by atoms with Gasteiger partial charge in [-0.2, -0.15) is 5.26 Å². The van der Waals surface area contributed by atoms with E-state index in [0.29, 0.717) is 27.6 Å². The van der Waals surface area contributed by atoms with Gasteiger partial charge in [-0.1, -0.05) is 12.1 Å². The Hall–Kier alpha value is -4.16. The Morgan fingerprint density at radius 3 is 2.64 bits per heavy atom. The van der Waals surface area contributed by atoms with Crippen molar-refractivity contribution in [3.63, 3.8) is 0 Å². The lowest BCUT2D eigenvalue weighted by Gasteiger charge is -2.27. The minimum absolute atomic E-state index is 0.123. The van der Waals surface area contributed by atoms with Crippen LogP contribution in [0.1, 0.15) is 27.2 Å². The van der Waals surface area contributed by atoms with E-state index in [-0.39, 0.29) is 25.7 Å². The van der Waals surface area contributed by atoms with Crippen molar-refractivity contribution >= 4 is 34.7 Å². The molecule has 5 rings (SSSR count). The van der Waals surface area contributed by atoms with Gasteiger partial charge in [-0.25, -0.2) is 4.90 Å². The lowest BCUT2D eigenvalue weighted by molar-refractivity contribution is -0.122. The van der Waals surface area contributed by atoms with E-state index in [9.17, 15) is 14.4 Å². The first-order chi connectivity index (χ1) is 16.0. The van der Waals surface area contributed by atoms with Crippen molar-refractivity contribution in [3.8, 4) is 17.6 Å². The first-order valence-corrected chi connectivity index (χ1v) is 11.0. The van der Waals surface area contributed by atoms with Crippen LogP contribution in [0, 0.1) is 11.3 Å². The van der Waals surface area contributed by atoms with Gasteiger partial charge in [0.1, 0.15) is 6.04 Å². The number of rotatable bonds is 5. The summed E-state index contributed by atoms with van der Waals surface area (Å²) in [6.07, 6.45) is -0.125. The first-order valence-electron chi connectivity index (χ1n) is 10.1. The Bertz CT molecular complexity index is 1280. The monoisotopic (exact) mass is 459 g/mol. The topological polar surface area (TPSA) is 99.9 Å². The average Bonchev–Trinajstić information content (AvgIpc) is 3.58. The van der Waals surface area contributed by atoms with Crippen molar-refractivity contribution in [2.45, 2.75) is 19.0 Å². The van der Waals surface area contributed by atoms with Crippen LogP contribution in [0.15, 0.2) is 60.0 Å². The predicted octanol–water partition coefficient (Wildman–Crippen LogP) is 3.32. The second-order valence-corrected chi connectivity index (χ2v) is 8.49. The average molecular weight is 459 g/mol. The number of ether oxygens (including phenoxy) is 2. The van der Waals surface area contributed by atoms with Crippen LogP contribution in [-0.4, -0.2) is 35.5 Å². The van der Waals surface area contributed by atoms with Crippen LogP contribution in [0.3, 0.4) is 0 Å². The molecule has 1 fully saturated rings. The summed E-state index contributed by atoms with van der Waals surface area (Å²) in [6, 6.07) is 16.1. The molecule has 2 aliphatic rings. The van der Waals surface area contributed by atoms with Crippen LogP contribution >= 0.6 is 11.3 Å². The molecule has 0 N–H and O–H groups in total. The van der Waals surface area contributed by atoms with Crippen molar-refractivity contribution in [3.05, 3.63) is 76.0 Å². The molecule has 8 nitrogen and oxygen atoms in total. The minimum atomic E-state index is -0.951. The molecule has 0 aliphatic carbocycles. The molecule has 33 heavy (non-hydrogen) atoms. The van der Waals surface area contributed by atoms with Crippen LogP contribution in [-0.2, 0) is 16.1 Å². The zero-order valence-corrected chi connectivity index (χ0v) is 18.1. The molecular formula is C24H17N3O5S. The number of imide groups is 1. The number of fused-ring (bicyclic) bond motifs is 1. The number of anilines is 1. The van der Waals surface area contributed by atoms with Crippen molar-refractivity contribution in [1.82, 2.24) is 4.90 Å². The summed E-state index contributed by atoms with van der Waals surface area (Å²) >= 11 is 1.28. The van der Waals surface area contributed by atoms with E-state index in [4.69, 9.17) is 14.7 Å². The maximum atomic E-state index is 13.4. The highest BCUT2D eigenvalue weighted by atomic mass is 32.1. The number of benzene rings is 2. The van der Waals surface area contributed by atoms with Gasteiger partial charge in [-0.15, -0.1) is 11.3 Å². The van der Waals surface area contributed by atoms with E-state index < -0.39 is 17.9 Å². The lowest BCUT2D eigenvalue weighted by atomic mass is 10.1. The molecule has 0 bridgehead atoms. The molecule has 0 spiro atoms. The molecule has 3 heterocycles. The Morgan fingerprint density at radius 2 is 1.91 bits per heavy atom. The number of hydrogen-bond donors (Lipinski definition) is 0. The summed E-state index contributed by atoms with van der Waals surface area (Å²) in [7, 11) is 0. The van der Waals surface area contributed by atoms with Gasteiger partial charge < -0.3 is 14.4 Å². The first kappa shape index (κ1) is 20.7. The van der Waals surface area contributed by atoms with E-state index in [1.54, 1.807) is 53.9 Å². The Labute approximate surface area is 193 Å². The maximum Gasteiger partial charge on any atom is 0.264 e. The van der Waals surface area contributed by atoms with Gasteiger partial charge in [0.25, 0.3) is 11.8 Å². The van der Waals surface area contributed by atoms with Crippen LogP contribution in [0.2, 0.25) is 0 Å². The van der Waals surface area contributed by atoms with Crippen LogP contribution in [0.4, 0.5) is 5.69 Å². The van der Waals surface area contributed by atoms with Crippen molar-refractivity contribution in [2.24, 2.45) is 0 Å². The molecule has 1 aromatic heterocycles. The van der Waals surface area contributed by atoms with Gasteiger partial charge in [-0.3, -0.25) is 14.4 Å². The lowest BCUT2D eigenvalue weighted by Crippen LogP contribution is -2.44. The normalized spacial score (nSPS) is 16.7. The molecule has 9 heteroatoms. The van der Waals surface area contributed by atoms with Gasteiger partial charge in [0.2, 0.25) is 12.7 Å². The highest BCUT2D eigenvalue weighted by molar-refractivity contribution is 7.12. The highest BCUT2D eigenvalue weighted by Crippen LogP contribution is 2.34. The summed E-state index contributed by atoms with van der Waals surface area (Å²) < 4.78 is 10.8. The third kappa shape index (κ3) is 3.81. The van der Waals surface area contributed by atoms with E-state index in [1.807, 2.05) is 12.1 Å². The third-order valence-electron chi connectivity index (χ3n) is 5.54. The van der Waals surface area contributed by atoms with Gasteiger partial charge in [0, 0.05) is 6.54 Å². The molecule has 1 saturated heterocycles. The zero-order valence-electron chi connectivity index (χ0n) is 17.3. The number of carbonyl (C=O) groups is 3. The van der Waals surface area contributed by atoms with Crippen molar-refractivity contribution in [1.29, 1.82) is 5.26 Å². The van der Waals surface area contributed by atoms with Crippen LogP contribution in [0.25, 0.3) is 0 Å². The zero-order chi connectivity index (χ0) is 22.9. The number of amides is 3.